The second-order valence-corrected chi connectivity index (χ2v) is 8.66. The van der Waals surface area contributed by atoms with E-state index >= 15 is 0 Å². The van der Waals surface area contributed by atoms with Gasteiger partial charge in [-0.05, 0) is 31.4 Å². The fourth-order valence-corrected chi connectivity index (χ4v) is 5.53. The Balaban J connectivity index is 1.58. The number of carbonyl (C=O) groups excluding carboxylic acids is 3. The van der Waals surface area contributed by atoms with Gasteiger partial charge in [0.15, 0.2) is 0 Å². The normalized spacial score (nSPS) is 31.0. The van der Waals surface area contributed by atoms with Crippen LogP contribution in [0.4, 0.5) is 5.69 Å². The van der Waals surface area contributed by atoms with Crippen molar-refractivity contribution >= 4 is 23.4 Å². The lowest BCUT2D eigenvalue weighted by molar-refractivity contribution is -0.141. The summed E-state index contributed by atoms with van der Waals surface area (Å²) in [4.78, 5) is 41.1. The highest BCUT2D eigenvalue weighted by molar-refractivity contribution is 6.01. The van der Waals surface area contributed by atoms with Crippen LogP contribution >= 0.6 is 0 Å². The van der Waals surface area contributed by atoms with E-state index in [0.717, 1.165) is 19.3 Å². The molecular formula is C23H31N3O5. The van der Waals surface area contributed by atoms with Crippen LogP contribution in [-0.2, 0) is 19.1 Å². The van der Waals surface area contributed by atoms with Gasteiger partial charge in [0.1, 0.15) is 11.6 Å². The van der Waals surface area contributed by atoms with Crippen molar-refractivity contribution in [3.05, 3.63) is 30.3 Å². The SMILES string of the molecule is CCCCCNC(=O)C1N(CCO)C(=O)[C@@H]2[C@@H](C(=O)Nc3ccccc3)[C@H]3CCC12O3. The molecule has 0 aliphatic carbocycles. The predicted octanol–water partition coefficient (Wildman–Crippen LogP) is 1.30. The number of fused-ring (bicyclic) bond motifs is 1. The van der Waals surface area contributed by atoms with Crippen LogP contribution < -0.4 is 10.6 Å². The molecule has 31 heavy (non-hydrogen) atoms. The van der Waals surface area contributed by atoms with Crippen molar-refractivity contribution < 1.29 is 24.2 Å². The van der Waals surface area contributed by atoms with Gasteiger partial charge in [-0.3, -0.25) is 14.4 Å². The number of aliphatic hydroxyl groups is 1. The summed E-state index contributed by atoms with van der Waals surface area (Å²) in [5, 5.41) is 15.4. The number of unbranched alkanes of at least 4 members (excludes halogenated alkanes) is 2. The minimum Gasteiger partial charge on any atom is -0.395 e. The molecule has 0 radical (unpaired) electrons. The molecule has 4 rings (SSSR count). The maximum absolute atomic E-state index is 13.4. The fraction of sp³-hybridized carbons (Fsp3) is 0.609. The highest BCUT2D eigenvalue weighted by Gasteiger charge is 2.74. The van der Waals surface area contributed by atoms with Crippen molar-refractivity contribution in [1.82, 2.24) is 10.2 Å². The first-order chi connectivity index (χ1) is 15.0. The average Bonchev–Trinajstić information content (AvgIpc) is 3.40. The molecule has 3 fully saturated rings. The third kappa shape index (κ3) is 3.72. The molecule has 1 aromatic carbocycles. The van der Waals surface area contributed by atoms with Crippen molar-refractivity contribution in [2.24, 2.45) is 11.8 Å². The molecule has 8 nitrogen and oxygen atoms in total. The zero-order valence-corrected chi connectivity index (χ0v) is 17.9. The van der Waals surface area contributed by atoms with Crippen molar-refractivity contribution in [2.75, 3.05) is 25.0 Å². The molecule has 3 heterocycles. The van der Waals surface area contributed by atoms with Crippen LogP contribution in [0.15, 0.2) is 30.3 Å². The molecule has 3 aliphatic rings. The third-order valence-electron chi connectivity index (χ3n) is 6.81. The number of likely N-dealkylation sites (tertiary alicyclic amines) is 1. The van der Waals surface area contributed by atoms with E-state index in [1.54, 1.807) is 12.1 Å². The molecule has 8 heteroatoms. The number of hydrogen-bond acceptors (Lipinski definition) is 5. The highest BCUT2D eigenvalue weighted by atomic mass is 16.5. The van der Waals surface area contributed by atoms with Gasteiger partial charge >= 0.3 is 0 Å². The molecule has 168 valence electrons. The van der Waals surface area contributed by atoms with E-state index in [2.05, 4.69) is 17.6 Å². The lowest BCUT2D eigenvalue weighted by Crippen LogP contribution is -2.55. The maximum Gasteiger partial charge on any atom is 0.245 e. The van der Waals surface area contributed by atoms with Crippen molar-refractivity contribution in [1.29, 1.82) is 0 Å². The van der Waals surface area contributed by atoms with E-state index in [1.807, 2.05) is 18.2 Å². The Bertz CT molecular complexity index is 832. The number of rotatable bonds is 9. The molecule has 0 saturated carbocycles. The quantitative estimate of drug-likeness (QED) is 0.513. The fourth-order valence-electron chi connectivity index (χ4n) is 5.53. The number of hydrogen-bond donors (Lipinski definition) is 3. The van der Waals surface area contributed by atoms with Gasteiger partial charge < -0.3 is 25.4 Å². The lowest BCUT2D eigenvalue weighted by atomic mass is 9.70. The standard InChI is InChI=1S/C23H31N3O5/c1-2-3-7-12-24-21(29)19-23-11-10-16(31-23)17(18(23)22(30)26(19)13-14-27)20(28)25-15-8-5-4-6-9-15/h4-6,8-9,16-19,27H,2-3,7,10-14H2,1H3,(H,24,29)(H,25,28)/t16-,17+,18+,19?,23?/m1/s1. The number of amides is 3. The number of ether oxygens (including phenoxy) is 1. The first-order valence-corrected chi connectivity index (χ1v) is 11.3. The Morgan fingerprint density at radius 3 is 2.71 bits per heavy atom. The van der Waals surface area contributed by atoms with E-state index in [0.29, 0.717) is 25.1 Å². The van der Waals surface area contributed by atoms with Gasteiger partial charge in [-0.1, -0.05) is 38.0 Å². The number of aliphatic hydroxyl groups excluding tert-OH is 1. The summed E-state index contributed by atoms with van der Waals surface area (Å²) >= 11 is 0. The summed E-state index contributed by atoms with van der Waals surface area (Å²) in [5.41, 5.74) is -0.350. The van der Waals surface area contributed by atoms with Crippen LogP contribution in [0.3, 0.4) is 0 Å². The van der Waals surface area contributed by atoms with Gasteiger partial charge in [-0.25, -0.2) is 0 Å². The lowest BCUT2D eigenvalue weighted by Gasteiger charge is -2.33. The Hall–Kier alpha value is -2.45. The first-order valence-electron chi connectivity index (χ1n) is 11.3. The molecule has 1 aromatic rings. The maximum atomic E-state index is 13.4. The average molecular weight is 430 g/mol. The molecule has 1 spiro atoms. The van der Waals surface area contributed by atoms with E-state index in [1.165, 1.54) is 4.90 Å². The number of benzene rings is 1. The monoisotopic (exact) mass is 429 g/mol. The number of carbonyl (C=O) groups is 3. The number of β-amino-alcohol motifs (C(OH)–C–C–N with tert-alkyl or cyclic N) is 1. The molecule has 0 aromatic heterocycles. The Morgan fingerprint density at radius 2 is 2.00 bits per heavy atom. The molecule has 3 aliphatic heterocycles. The second-order valence-electron chi connectivity index (χ2n) is 8.66. The largest absolute Gasteiger partial charge is 0.395 e. The summed E-state index contributed by atoms with van der Waals surface area (Å²) in [6.45, 7) is 2.42. The number of para-hydroxylation sites is 1. The summed E-state index contributed by atoms with van der Waals surface area (Å²) in [7, 11) is 0. The number of nitrogens with zero attached hydrogens (tertiary/aromatic N) is 1. The van der Waals surface area contributed by atoms with Crippen LogP contribution in [0.5, 0.6) is 0 Å². The minimum absolute atomic E-state index is 0.0468. The number of nitrogens with one attached hydrogen (secondary N) is 2. The molecule has 2 bridgehead atoms. The smallest absolute Gasteiger partial charge is 0.245 e. The third-order valence-corrected chi connectivity index (χ3v) is 6.81. The van der Waals surface area contributed by atoms with E-state index in [4.69, 9.17) is 4.74 Å². The summed E-state index contributed by atoms with van der Waals surface area (Å²) in [6.07, 6.45) is 3.72. The Labute approximate surface area is 182 Å². The molecule has 3 N–H and O–H groups in total. The Kier molecular flexibility index (Phi) is 6.29. The van der Waals surface area contributed by atoms with Gasteiger partial charge in [-0.2, -0.15) is 0 Å². The predicted molar refractivity (Wildman–Crippen MR) is 114 cm³/mol. The minimum atomic E-state index is -1.01. The zero-order valence-electron chi connectivity index (χ0n) is 17.9. The summed E-state index contributed by atoms with van der Waals surface area (Å²) < 4.78 is 6.30. The van der Waals surface area contributed by atoms with Gasteiger partial charge in [0.25, 0.3) is 0 Å². The van der Waals surface area contributed by atoms with Crippen LogP contribution in [0.1, 0.15) is 39.0 Å². The van der Waals surface area contributed by atoms with Gasteiger partial charge in [0.05, 0.1) is 24.5 Å². The molecule has 3 saturated heterocycles. The topological polar surface area (TPSA) is 108 Å². The molecule has 5 atom stereocenters. The highest BCUT2D eigenvalue weighted by Crippen LogP contribution is 2.58. The van der Waals surface area contributed by atoms with Gasteiger partial charge in [0, 0.05) is 18.8 Å². The van der Waals surface area contributed by atoms with Crippen LogP contribution in [0.2, 0.25) is 0 Å². The number of anilines is 1. The van der Waals surface area contributed by atoms with Gasteiger partial charge in [-0.15, -0.1) is 0 Å². The zero-order chi connectivity index (χ0) is 22.0. The van der Waals surface area contributed by atoms with Crippen molar-refractivity contribution in [3.63, 3.8) is 0 Å². The Morgan fingerprint density at radius 1 is 1.23 bits per heavy atom. The van der Waals surface area contributed by atoms with E-state index < -0.39 is 23.5 Å². The van der Waals surface area contributed by atoms with Gasteiger partial charge in [0.2, 0.25) is 17.7 Å². The molecular weight excluding hydrogens is 398 g/mol. The first kappa shape index (κ1) is 21.8. The molecule has 3 amide bonds. The van der Waals surface area contributed by atoms with E-state index in [-0.39, 0.29) is 37.0 Å². The van der Waals surface area contributed by atoms with Crippen LogP contribution in [0.25, 0.3) is 0 Å². The van der Waals surface area contributed by atoms with Crippen LogP contribution in [-0.4, -0.2) is 65.2 Å². The van der Waals surface area contributed by atoms with Crippen molar-refractivity contribution in [3.8, 4) is 0 Å². The van der Waals surface area contributed by atoms with E-state index in [9.17, 15) is 19.5 Å². The summed E-state index contributed by atoms with van der Waals surface area (Å²) in [6, 6.07) is 8.29. The summed E-state index contributed by atoms with van der Waals surface area (Å²) in [5.74, 6) is -2.17. The van der Waals surface area contributed by atoms with Crippen molar-refractivity contribution in [2.45, 2.75) is 56.8 Å². The second kappa shape index (κ2) is 8.96. The van der Waals surface area contributed by atoms with Crippen LogP contribution in [0, 0.1) is 11.8 Å². The molecule has 2 unspecified atom stereocenters.